The van der Waals surface area contributed by atoms with Crippen LogP contribution in [0.15, 0.2) is 48.5 Å². The van der Waals surface area contributed by atoms with Crippen LogP contribution < -0.4 is 9.47 Å². The average molecular weight is 258 g/mol. The van der Waals surface area contributed by atoms with E-state index in [1.807, 2.05) is 48.5 Å². The minimum atomic E-state index is -0.00910. The third-order valence-electron chi connectivity index (χ3n) is 2.96. The fourth-order valence-electron chi connectivity index (χ4n) is 1.96. The zero-order chi connectivity index (χ0) is 13.5. The van der Waals surface area contributed by atoms with Crippen molar-refractivity contribution in [3.05, 3.63) is 59.7 Å². The predicted octanol–water partition coefficient (Wildman–Crippen LogP) is 2.81. The molecule has 0 bridgehead atoms. The molecular weight excluding hydrogens is 240 g/mol. The molecule has 2 rings (SSSR count). The molecule has 3 nitrogen and oxygen atoms in total. The largest absolute Gasteiger partial charge is 0.496 e. The summed E-state index contributed by atoms with van der Waals surface area (Å²) in [5.74, 6) is 1.61. The van der Waals surface area contributed by atoms with E-state index in [2.05, 4.69) is 0 Å². The van der Waals surface area contributed by atoms with Crippen molar-refractivity contribution in [1.29, 1.82) is 0 Å². The van der Waals surface area contributed by atoms with Crippen molar-refractivity contribution in [2.45, 2.75) is 13.0 Å². The van der Waals surface area contributed by atoms with Gasteiger partial charge >= 0.3 is 0 Å². The first kappa shape index (κ1) is 13.4. The highest BCUT2D eigenvalue weighted by Crippen LogP contribution is 2.20. The Morgan fingerprint density at radius 2 is 1.53 bits per heavy atom. The summed E-state index contributed by atoms with van der Waals surface area (Å²) < 4.78 is 11.0. The first-order valence-electron chi connectivity index (χ1n) is 6.28. The number of hydrogen-bond acceptors (Lipinski definition) is 3. The average Bonchev–Trinajstić information content (AvgIpc) is 2.48. The van der Waals surface area contributed by atoms with Crippen LogP contribution in [0.5, 0.6) is 11.5 Å². The van der Waals surface area contributed by atoms with Crippen molar-refractivity contribution in [1.82, 2.24) is 0 Å². The second-order valence-electron chi connectivity index (χ2n) is 4.18. The molecule has 1 N–H and O–H groups in total. The lowest BCUT2D eigenvalue weighted by molar-refractivity contribution is 0.263. The minimum Gasteiger partial charge on any atom is -0.496 e. The molecule has 19 heavy (non-hydrogen) atoms. The third-order valence-corrected chi connectivity index (χ3v) is 2.96. The van der Waals surface area contributed by atoms with Crippen LogP contribution in [0.25, 0.3) is 0 Å². The maximum Gasteiger partial charge on any atom is 0.124 e. The summed E-state index contributed by atoms with van der Waals surface area (Å²) in [5.41, 5.74) is 1.93. The number of rotatable bonds is 6. The van der Waals surface area contributed by atoms with Crippen LogP contribution in [0.4, 0.5) is 0 Å². The van der Waals surface area contributed by atoms with Gasteiger partial charge in [-0.25, -0.2) is 0 Å². The molecule has 0 aliphatic heterocycles. The summed E-state index contributed by atoms with van der Waals surface area (Å²) in [6, 6.07) is 15.4. The molecule has 0 saturated carbocycles. The van der Waals surface area contributed by atoms with Crippen LogP contribution in [-0.2, 0) is 13.0 Å². The molecule has 2 aromatic carbocycles. The summed E-state index contributed by atoms with van der Waals surface area (Å²) >= 11 is 0. The van der Waals surface area contributed by atoms with Crippen molar-refractivity contribution in [2.24, 2.45) is 0 Å². The molecule has 0 amide bonds. The van der Waals surface area contributed by atoms with E-state index in [1.54, 1.807) is 7.11 Å². The Bertz CT molecular complexity index is 475. The van der Waals surface area contributed by atoms with Crippen LogP contribution in [0, 0.1) is 0 Å². The summed E-state index contributed by atoms with van der Waals surface area (Å²) in [6.45, 7) is 0.544. The number of para-hydroxylation sites is 2. The van der Waals surface area contributed by atoms with Gasteiger partial charge in [-0.15, -0.1) is 0 Å². The lowest BCUT2D eigenvalue weighted by Crippen LogP contribution is -2.04. The number of aliphatic hydroxyl groups excluding tert-OH is 1. The molecule has 100 valence electrons. The zero-order valence-corrected chi connectivity index (χ0v) is 11.0. The highest BCUT2D eigenvalue weighted by molar-refractivity contribution is 5.34. The summed E-state index contributed by atoms with van der Waals surface area (Å²) in [7, 11) is 1.67. The monoisotopic (exact) mass is 258 g/mol. The van der Waals surface area contributed by atoms with Crippen molar-refractivity contribution >= 4 is 0 Å². The standard InChI is InChI=1S/C16H18O3/c1-18-15-8-4-2-6-13(15)10-11-19-16-9-5-3-7-14(16)12-17/h2-9,17H,10-12H2,1H3. The fraction of sp³-hybridized carbons (Fsp3) is 0.250. The van der Waals surface area contributed by atoms with Crippen LogP contribution >= 0.6 is 0 Å². The second-order valence-corrected chi connectivity index (χ2v) is 4.18. The molecular formula is C16H18O3. The van der Waals surface area contributed by atoms with Gasteiger partial charge in [0.2, 0.25) is 0 Å². The number of aliphatic hydroxyl groups is 1. The van der Waals surface area contributed by atoms with Crippen molar-refractivity contribution in [2.75, 3.05) is 13.7 Å². The highest BCUT2D eigenvalue weighted by atomic mass is 16.5. The van der Waals surface area contributed by atoms with E-state index in [1.165, 1.54) is 0 Å². The molecule has 0 spiro atoms. The van der Waals surface area contributed by atoms with E-state index in [4.69, 9.17) is 9.47 Å². The highest BCUT2D eigenvalue weighted by Gasteiger charge is 2.04. The quantitative estimate of drug-likeness (QED) is 0.866. The second kappa shape index (κ2) is 6.81. The Hall–Kier alpha value is -2.00. The predicted molar refractivity (Wildman–Crippen MR) is 74.6 cm³/mol. The van der Waals surface area contributed by atoms with Crippen LogP contribution in [0.3, 0.4) is 0 Å². The number of ether oxygens (including phenoxy) is 2. The Morgan fingerprint density at radius 3 is 2.21 bits per heavy atom. The molecule has 0 heterocycles. The van der Waals surface area contributed by atoms with Crippen LogP contribution in [0.2, 0.25) is 0 Å². The summed E-state index contributed by atoms with van der Waals surface area (Å²) in [4.78, 5) is 0. The van der Waals surface area contributed by atoms with E-state index in [0.717, 1.165) is 29.0 Å². The Kier molecular flexibility index (Phi) is 4.81. The van der Waals surface area contributed by atoms with Crippen molar-refractivity contribution in [3.8, 4) is 11.5 Å². The Balaban J connectivity index is 1.96. The van der Waals surface area contributed by atoms with Gasteiger partial charge in [0, 0.05) is 12.0 Å². The molecule has 3 heteroatoms. The number of hydrogen-bond donors (Lipinski definition) is 1. The van der Waals surface area contributed by atoms with E-state index in [0.29, 0.717) is 6.61 Å². The smallest absolute Gasteiger partial charge is 0.124 e. The van der Waals surface area contributed by atoms with E-state index in [9.17, 15) is 5.11 Å². The molecule has 0 radical (unpaired) electrons. The van der Waals surface area contributed by atoms with Gasteiger partial charge in [0.25, 0.3) is 0 Å². The van der Waals surface area contributed by atoms with E-state index < -0.39 is 0 Å². The first-order valence-corrected chi connectivity index (χ1v) is 6.28. The normalized spacial score (nSPS) is 10.2. The SMILES string of the molecule is COc1ccccc1CCOc1ccccc1CO. The Morgan fingerprint density at radius 1 is 0.895 bits per heavy atom. The van der Waals surface area contributed by atoms with Crippen molar-refractivity contribution < 1.29 is 14.6 Å². The number of methoxy groups -OCH3 is 1. The van der Waals surface area contributed by atoms with Gasteiger partial charge in [-0.1, -0.05) is 36.4 Å². The summed E-state index contributed by atoms with van der Waals surface area (Å²) in [5, 5.41) is 9.22. The van der Waals surface area contributed by atoms with Crippen molar-refractivity contribution in [3.63, 3.8) is 0 Å². The van der Waals surface area contributed by atoms with Gasteiger partial charge in [-0.3, -0.25) is 0 Å². The van der Waals surface area contributed by atoms with Gasteiger partial charge in [0.1, 0.15) is 11.5 Å². The first-order chi connectivity index (χ1) is 9.35. The van der Waals surface area contributed by atoms with Crippen LogP contribution in [0.1, 0.15) is 11.1 Å². The maximum absolute atomic E-state index is 9.22. The lowest BCUT2D eigenvalue weighted by Gasteiger charge is -2.11. The van der Waals surface area contributed by atoms with Gasteiger partial charge in [0.15, 0.2) is 0 Å². The topological polar surface area (TPSA) is 38.7 Å². The molecule has 0 atom stereocenters. The minimum absolute atomic E-state index is 0.00910. The van der Waals surface area contributed by atoms with Gasteiger partial charge in [-0.2, -0.15) is 0 Å². The van der Waals surface area contributed by atoms with Gasteiger partial charge in [0.05, 0.1) is 20.3 Å². The molecule has 0 aromatic heterocycles. The molecule has 0 fully saturated rings. The molecule has 0 aliphatic rings. The zero-order valence-electron chi connectivity index (χ0n) is 11.0. The lowest BCUT2D eigenvalue weighted by atomic mass is 10.1. The summed E-state index contributed by atoms with van der Waals surface area (Å²) in [6.07, 6.45) is 0.768. The van der Waals surface area contributed by atoms with Gasteiger partial charge in [-0.05, 0) is 17.7 Å². The number of benzene rings is 2. The molecule has 0 unspecified atom stereocenters. The molecule has 0 aliphatic carbocycles. The maximum atomic E-state index is 9.22. The Labute approximate surface area is 113 Å². The van der Waals surface area contributed by atoms with Crippen LogP contribution in [-0.4, -0.2) is 18.8 Å². The molecule has 2 aromatic rings. The van der Waals surface area contributed by atoms with Gasteiger partial charge < -0.3 is 14.6 Å². The van der Waals surface area contributed by atoms with E-state index in [-0.39, 0.29) is 6.61 Å². The fourth-order valence-corrected chi connectivity index (χ4v) is 1.96. The third kappa shape index (κ3) is 3.48. The van der Waals surface area contributed by atoms with E-state index >= 15 is 0 Å². The molecule has 0 saturated heterocycles.